The molecule has 3 heterocycles. The molecule has 4 rings (SSSR count). The van der Waals surface area contributed by atoms with Crippen LogP contribution in [0.5, 0.6) is 5.75 Å². The molecule has 1 N–H and O–H groups in total. The minimum atomic E-state index is 0.490. The Balaban J connectivity index is 1.63. The minimum Gasteiger partial charge on any atom is -0.497 e. The molecule has 0 radical (unpaired) electrons. The highest BCUT2D eigenvalue weighted by molar-refractivity contribution is 5.75. The fraction of sp³-hybridized carbons (Fsp3) is 0.150. The smallest absolute Gasteiger partial charge is 0.223 e. The maximum absolute atomic E-state index is 5.54. The van der Waals surface area contributed by atoms with Crippen molar-refractivity contribution < 1.29 is 13.7 Å². The number of hydrogen-bond acceptors (Lipinski definition) is 7. The van der Waals surface area contributed by atoms with E-state index in [-0.39, 0.29) is 0 Å². The molecule has 0 bridgehead atoms. The van der Waals surface area contributed by atoms with Crippen LogP contribution < -0.4 is 10.1 Å². The Kier molecular flexibility index (Phi) is 4.57. The lowest BCUT2D eigenvalue weighted by Crippen LogP contribution is -2.05. The molecule has 4 aromatic rings. The van der Waals surface area contributed by atoms with E-state index in [1.807, 2.05) is 49.4 Å². The van der Waals surface area contributed by atoms with Gasteiger partial charge in [0.2, 0.25) is 5.95 Å². The average molecular weight is 362 g/mol. The van der Waals surface area contributed by atoms with Crippen molar-refractivity contribution in [3.8, 4) is 28.5 Å². The molecular weight excluding hydrogens is 344 g/mol. The highest BCUT2D eigenvalue weighted by Gasteiger charge is 2.17. The van der Waals surface area contributed by atoms with E-state index in [1.54, 1.807) is 19.6 Å². The SMILES string of the molecule is COc1cccc(CNc2ncc(-c3cc(C)no3)c(-c3ccco3)n2)c1. The van der Waals surface area contributed by atoms with Gasteiger partial charge < -0.3 is 19.0 Å². The first-order chi connectivity index (χ1) is 13.2. The van der Waals surface area contributed by atoms with Crippen LogP contribution >= 0.6 is 0 Å². The molecule has 27 heavy (non-hydrogen) atoms. The molecule has 1 aromatic carbocycles. The molecule has 0 spiro atoms. The molecule has 0 amide bonds. The number of anilines is 1. The van der Waals surface area contributed by atoms with Gasteiger partial charge in [-0.3, -0.25) is 0 Å². The summed E-state index contributed by atoms with van der Waals surface area (Å²) in [4.78, 5) is 9.03. The number of methoxy groups -OCH3 is 1. The molecule has 0 atom stereocenters. The third kappa shape index (κ3) is 3.67. The molecule has 0 saturated heterocycles. The molecule has 7 heteroatoms. The van der Waals surface area contributed by atoms with Gasteiger partial charge in [-0.2, -0.15) is 0 Å². The van der Waals surface area contributed by atoms with E-state index in [0.29, 0.717) is 29.7 Å². The molecule has 0 aliphatic heterocycles. The Hall–Kier alpha value is -3.61. The van der Waals surface area contributed by atoms with Crippen molar-refractivity contribution in [2.24, 2.45) is 0 Å². The second kappa shape index (κ2) is 7.33. The van der Waals surface area contributed by atoms with Gasteiger partial charge in [0, 0.05) is 18.8 Å². The lowest BCUT2D eigenvalue weighted by Gasteiger charge is -2.09. The first-order valence-corrected chi connectivity index (χ1v) is 8.44. The van der Waals surface area contributed by atoms with Crippen molar-refractivity contribution in [2.45, 2.75) is 13.5 Å². The van der Waals surface area contributed by atoms with Crippen molar-refractivity contribution in [3.05, 3.63) is 66.2 Å². The van der Waals surface area contributed by atoms with E-state index >= 15 is 0 Å². The summed E-state index contributed by atoms with van der Waals surface area (Å²) in [6.07, 6.45) is 3.31. The van der Waals surface area contributed by atoms with Gasteiger partial charge in [0.25, 0.3) is 0 Å². The zero-order valence-corrected chi connectivity index (χ0v) is 15.0. The number of benzene rings is 1. The van der Waals surface area contributed by atoms with Crippen LogP contribution in [0.3, 0.4) is 0 Å². The molecule has 0 aliphatic rings. The largest absolute Gasteiger partial charge is 0.497 e. The summed E-state index contributed by atoms with van der Waals surface area (Å²) < 4.78 is 16.2. The van der Waals surface area contributed by atoms with E-state index in [9.17, 15) is 0 Å². The van der Waals surface area contributed by atoms with E-state index in [0.717, 1.165) is 22.6 Å². The van der Waals surface area contributed by atoms with Gasteiger partial charge in [0.15, 0.2) is 11.5 Å². The molecule has 136 valence electrons. The standard InChI is InChI=1S/C20H18N4O3/c1-13-9-18(27-24-13)16-12-22-20(23-19(16)17-7-4-8-26-17)21-11-14-5-3-6-15(10-14)25-2/h3-10,12H,11H2,1-2H3,(H,21,22,23). The van der Waals surface area contributed by atoms with Crippen molar-refractivity contribution in [1.29, 1.82) is 0 Å². The van der Waals surface area contributed by atoms with Crippen LogP contribution in [0.15, 0.2) is 63.9 Å². The Morgan fingerprint density at radius 1 is 1.11 bits per heavy atom. The van der Waals surface area contributed by atoms with Gasteiger partial charge in [0.05, 0.1) is 24.6 Å². The highest BCUT2D eigenvalue weighted by atomic mass is 16.5. The van der Waals surface area contributed by atoms with Crippen LogP contribution in [0.4, 0.5) is 5.95 Å². The van der Waals surface area contributed by atoms with Crippen LogP contribution in [0.25, 0.3) is 22.8 Å². The van der Waals surface area contributed by atoms with Crippen LogP contribution in [-0.4, -0.2) is 22.2 Å². The first-order valence-electron chi connectivity index (χ1n) is 8.44. The molecule has 0 fully saturated rings. The van der Waals surface area contributed by atoms with E-state index in [4.69, 9.17) is 13.7 Å². The maximum Gasteiger partial charge on any atom is 0.223 e. The summed E-state index contributed by atoms with van der Waals surface area (Å²) in [7, 11) is 1.65. The van der Waals surface area contributed by atoms with E-state index in [1.165, 1.54) is 0 Å². The molecule has 7 nitrogen and oxygen atoms in total. The zero-order valence-electron chi connectivity index (χ0n) is 15.0. The van der Waals surface area contributed by atoms with Crippen LogP contribution in [-0.2, 0) is 6.54 Å². The maximum atomic E-state index is 5.54. The summed E-state index contributed by atoms with van der Waals surface area (Å²) in [5, 5.41) is 7.17. The van der Waals surface area contributed by atoms with Crippen LogP contribution in [0, 0.1) is 6.92 Å². The fourth-order valence-electron chi connectivity index (χ4n) is 2.70. The first kappa shape index (κ1) is 16.8. The predicted octanol–water partition coefficient (Wildman–Crippen LogP) is 4.32. The topological polar surface area (TPSA) is 86.2 Å². The number of aromatic nitrogens is 3. The third-order valence-corrected chi connectivity index (χ3v) is 4.02. The number of nitrogens with one attached hydrogen (secondary N) is 1. The van der Waals surface area contributed by atoms with Gasteiger partial charge in [0.1, 0.15) is 11.4 Å². The van der Waals surface area contributed by atoms with Crippen LogP contribution in [0.2, 0.25) is 0 Å². The van der Waals surface area contributed by atoms with Crippen molar-refractivity contribution >= 4 is 5.95 Å². The molecule has 0 saturated carbocycles. The third-order valence-electron chi connectivity index (χ3n) is 4.02. The molecule has 0 aliphatic carbocycles. The number of hydrogen-bond donors (Lipinski definition) is 1. The van der Waals surface area contributed by atoms with Gasteiger partial charge in [-0.25, -0.2) is 9.97 Å². The normalized spacial score (nSPS) is 10.7. The monoisotopic (exact) mass is 362 g/mol. The average Bonchev–Trinajstić information content (AvgIpc) is 3.38. The zero-order chi connectivity index (χ0) is 18.6. The van der Waals surface area contributed by atoms with Crippen molar-refractivity contribution in [2.75, 3.05) is 12.4 Å². The number of ether oxygens (including phenoxy) is 1. The summed E-state index contributed by atoms with van der Waals surface area (Å²) in [5.74, 6) is 2.52. The van der Waals surface area contributed by atoms with E-state index < -0.39 is 0 Å². The summed E-state index contributed by atoms with van der Waals surface area (Å²) in [6.45, 7) is 2.43. The number of furan rings is 1. The second-order valence-corrected chi connectivity index (χ2v) is 5.97. The molecular formula is C20H18N4O3. The Labute approximate surface area is 156 Å². The summed E-state index contributed by atoms with van der Waals surface area (Å²) >= 11 is 0. The van der Waals surface area contributed by atoms with Crippen LogP contribution in [0.1, 0.15) is 11.3 Å². The Bertz CT molecular complexity index is 1040. The molecule has 0 unspecified atom stereocenters. The second-order valence-electron chi connectivity index (χ2n) is 5.97. The quantitative estimate of drug-likeness (QED) is 0.546. The highest BCUT2D eigenvalue weighted by Crippen LogP contribution is 2.31. The van der Waals surface area contributed by atoms with Crippen molar-refractivity contribution in [1.82, 2.24) is 15.1 Å². The number of aryl methyl sites for hydroxylation is 1. The minimum absolute atomic E-state index is 0.490. The fourth-order valence-corrected chi connectivity index (χ4v) is 2.70. The lowest BCUT2D eigenvalue weighted by molar-refractivity contribution is 0.414. The van der Waals surface area contributed by atoms with Gasteiger partial charge in [-0.05, 0) is 36.8 Å². The summed E-state index contributed by atoms with van der Waals surface area (Å²) in [6, 6.07) is 13.3. The Morgan fingerprint density at radius 3 is 2.78 bits per heavy atom. The van der Waals surface area contributed by atoms with Gasteiger partial charge in [-0.15, -0.1) is 0 Å². The van der Waals surface area contributed by atoms with Gasteiger partial charge >= 0.3 is 0 Å². The lowest BCUT2D eigenvalue weighted by atomic mass is 10.1. The number of nitrogens with zero attached hydrogens (tertiary/aromatic N) is 3. The predicted molar refractivity (Wildman–Crippen MR) is 100 cm³/mol. The summed E-state index contributed by atoms with van der Waals surface area (Å²) in [5.41, 5.74) is 3.21. The van der Waals surface area contributed by atoms with Gasteiger partial charge in [-0.1, -0.05) is 17.3 Å². The van der Waals surface area contributed by atoms with Crippen molar-refractivity contribution in [3.63, 3.8) is 0 Å². The Morgan fingerprint density at radius 2 is 2.04 bits per heavy atom. The number of rotatable bonds is 6. The van der Waals surface area contributed by atoms with E-state index in [2.05, 4.69) is 20.4 Å². The molecule has 3 aromatic heterocycles.